The highest BCUT2D eigenvalue weighted by molar-refractivity contribution is 7.19. The number of carbonyl (C=O) groups excluding carboxylic acids is 1. The van der Waals surface area contributed by atoms with E-state index < -0.39 is 6.16 Å². The Bertz CT molecular complexity index is 1240. The van der Waals surface area contributed by atoms with Crippen LogP contribution in [0.4, 0.5) is 16.6 Å². The number of benzene rings is 1. The van der Waals surface area contributed by atoms with Crippen molar-refractivity contribution < 1.29 is 19.0 Å². The average molecular weight is 531 g/mol. The van der Waals surface area contributed by atoms with Crippen molar-refractivity contribution in [2.45, 2.75) is 58.1 Å². The maximum absolute atomic E-state index is 11.7. The van der Waals surface area contributed by atoms with Gasteiger partial charge in [0.05, 0.1) is 24.1 Å². The van der Waals surface area contributed by atoms with Crippen LogP contribution in [0, 0.1) is 0 Å². The van der Waals surface area contributed by atoms with Crippen molar-refractivity contribution in [2.75, 3.05) is 37.0 Å². The number of anilines is 2. The van der Waals surface area contributed by atoms with Crippen molar-refractivity contribution in [3.63, 3.8) is 0 Å². The maximum Gasteiger partial charge on any atom is 0.508 e. The Morgan fingerprint density at radius 3 is 2.78 bits per heavy atom. The van der Waals surface area contributed by atoms with Crippen molar-refractivity contribution in [3.05, 3.63) is 39.2 Å². The highest BCUT2D eigenvalue weighted by Crippen LogP contribution is 2.40. The highest BCUT2D eigenvalue weighted by Gasteiger charge is 2.27. The Hall–Kier alpha value is -2.78. The first-order valence-corrected chi connectivity index (χ1v) is 13.7. The molecule has 0 bridgehead atoms. The molecule has 1 fully saturated rings. The normalized spacial score (nSPS) is 16.0. The molecule has 5 rings (SSSR count). The molecule has 3 aromatic rings. The second-order valence-corrected chi connectivity index (χ2v) is 10.6. The quantitative estimate of drug-likeness (QED) is 0.373. The predicted octanol–water partition coefficient (Wildman–Crippen LogP) is 5.99. The number of hydrogen-bond acceptors (Lipinski definition) is 9. The molecule has 0 radical (unpaired) electrons. The lowest BCUT2D eigenvalue weighted by Gasteiger charge is -2.31. The summed E-state index contributed by atoms with van der Waals surface area (Å²) < 4.78 is 15.6. The number of nitrogens with one attached hydrogen (secondary N) is 1. The van der Waals surface area contributed by atoms with Gasteiger partial charge >= 0.3 is 6.16 Å². The molecule has 2 aromatic heterocycles. The molecule has 0 amide bonds. The number of fused-ring (bicyclic) bond motifs is 3. The monoisotopic (exact) mass is 530 g/mol. The summed E-state index contributed by atoms with van der Waals surface area (Å²) >= 11 is 8.14. The maximum atomic E-state index is 11.7. The van der Waals surface area contributed by atoms with E-state index in [-0.39, 0.29) is 6.10 Å². The third kappa shape index (κ3) is 5.32. The zero-order valence-electron chi connectivity index (χ0n) is 20.6. The van der Waals surface area contributed by atoms with E-state index in [1.54, 1.807) is 25.4 Å². The summed E-state index contributed by atoms with van der Waals surface area (Å²) in [5.41, 5.74) is 2.44. The molecule has 36 heavy (non-hydrogen) atoms. The van der Waals surface area contributed by atoms with Crippen LogP contribution in [0.5, 0.6) is 5.75 Å². The molecule has 0 unspecified atom stereocenters. The topological polar surface area (TPSA) is 85.8 Å². The van der Waals surface area contributed by atoms with Gasteiger partial charge in [-0.1, -0.05) is 17.7 Å². The van der Waals surface area contributed by atoms with Gasteiger partial charge in [-0.2, -0.15) is 4.98 Å². The van der Waals surface area contributed by atoms with Gasteiger partial charge in [-0.15, -0.1) is 11.3 Å². The Morgan fingerprint density at radius 2 is 2.03 bits per heavy atom. The zero-order valence-corrected chi connectivity index (χ0v) is 22.2. The number of ether oxygens (including phenoxy) is 3. The van der Waals surface area contributed by atoms with Crippen molar-refractivity contribution >= 4 is 51.1 Å². The number of aromatic nitrogens is 2. The summed E-state index contributed by atoms with van der Waals surface area (Å²) in [6.45, 7) is 4.11. The Morgan fingerprint density at radius 1 is 1.22 bits per heavy atom. The molecule has 1 aliphatic carbocycles. The van der Waals surface area contributed by atoms with E-state index in [1.807, 2.05) is 18.2 Å². The van der Waals surface area contributed by atoms with Crippen molar-refractivity contribution in [1.82, 2.24) is 9.97 Å². The fourth-order valence-corrected chi connectivity index (χ4v) is 6.42. The van der Waals surface area contributed by atoms with E-state index in [0.29, 0.717) is 55.8 Å². The van der Waals surface area contributed by atoms with E-state index in [9.17, 15) is 4.79 Å². The molecule has 10 heteroatoms. The number of hydrogen-bond donors (Lipinski definition) is 1. The van der Waals surface area contributed by atoms with Gasteiger partial charge in [0.1, 0.15) is 22.5 Å². The highest BCUT2D eigenvalue weighted by atomic mass is 35.5. The molecule has 0 saturated carbocycles. The van der Waals surface area contributed by atoms with E-state index in [0.717, 1.165) is 34.4 Å². The van der Waals surface area contributed by atoms with Crippen LogP contribution in [0.25, 0.3) is 10.2 Å². The lowest BCUT2D eigenvalue weighted by atomic mass is 9.97. The molecule has 192 valence electrons. The second-order valence-electron chi connectivity index (χ2n) is 9.07. The molecule has 0 atom stereocenters. The molecule has 8 nitrogen and oxygen atoms in total. The first-order chi connectivity index (χ1) is 17.6. The fraction of sp³-hybridized carbons (Fsp3) is 0.500. The van der Waals surface area contributed by atoms with Gasteiger partial charge in [-0.05, 0) is 55.9 Å². The van der Waals surface area contributed by atoms with Crippen LogP contribution in [0.3, 0.4) is 0 Å². The molecule has 1 N–H and O–H groups in total. The Labute approximate surface area is 219 Å². The number of rotatable bonds is 7. The molecule has 1 aliphatic heterocycles. The van der Waals surface area contributed by atoms with Gasteiger partial charge in [0.15, 0.2) is 0 Å². The van der Waals surface area contributed by atoms with Crippen LogP contribution in [0.15, 0.2) is 18.2 Å². The molecular weight excluding hydrogens is 500 g/mol. The smallest absolute Gasteiger partial charge is 0.495 e. The number of halogens is 1. The summed E-state index contributed by atoms with van der Waals surface area (Å²) in [6.07, 6.45) is 5.29. The number of piperidine rings is 1. The lowest BCUT2D eigenvalue weighted by Crippen LogP contribution is -2.39. The molecule has 1 saturated heterocycles. The van der Waals surface area contributed by atoms with Crippen LogP contribution >= 0.6 is 22.9 Å². The molecular formula is C26H31ClN4O4S. The van der Waals surface area contributed by atoms with Gasteiger partial charge in [0.2, 0.25) is 5.95 Å². The SMILES string of the molecule is CCOC(=O)OC1CCN(c2nc(NCc3ccc(OC)c(Cl)c3)c3c4c(sc3n2)CCCC4)CC1. The van der Waals surface area contributed by atoms with E-state index in [2.05, 4.69) is 10.2 Å². The summed E-state index contributed by atoms with van der Waals surface area (Å²) in [5.74, 6) is 2.24. The summed E-state index contributed by atoms with van der Waals surface area (Å²) in [4.78, 5) is 26.3. The van der Waals surface area contributed by atoms with Crippen LogP contribution in [-0.2, 0) is 28.9 Å². The number of aryl methyl sites for hydroxylation is 2. The van der Waals surface area contributed by atoms with E-state index in [1.165, 1.54) is 23.3 Å². The third-order valence-electron chi connectivity index (χ3n) is 6.73. The Balaban J connectivity index is 1.38. The van der Waals surface area contributed by atoms with Gasteiger partial charge < -0.3 is 24.4 Å². The first-order valence-electron chi connectivity index (χ1n) is 12.5. The average Bonchev–Trinajstić information content (AvgIpc) is 3.26. The molecule has 0 spiro atoms. The minimum atomic E-state index is -0.595. The van der Waals surface area contributed by atoms with Crippen LogP contribution in [0.1, 0.15) is 48.6 Å². The first kappa shape index (κ1) is 24.9. The van der Waals surface area contributed by atoms with Crippen molar-refractivity contribution in [1.29, 1.82) is 0 Å². The minimum Gasteiger partial charge on any atom is -0.495 e. The van der Waals surface area contributed by atoms with Crippen molar-refractivity contribution in [3.8, 4) is 5.75 Å². The zero-order chi connectivity index (χ0) is 25.1. The standard InChI is InChI=1S/C26H31ClN4O4S/c1-3-34-26(32)35-17-10-12-31(13-11-17)25-29-23(28-15-16-8-9-20(33-2)19(27)14-16)22-18-6-4-5-7-21(18)36-24(22)30-25/h8-9,14,17H,3-7,10-13,15H2,1-2H3,(H,28,29,30). The van der Waals surface area contributed by atoms with Gasteiger partial charge in [-0.25, -0.2) is 9.78 Å². The number of thiophene rings is 1. The summed E-state index contributed by atoms with van der Waals surface area (Å²) in [5, 5.41) is 5.32. The van der Waals surface area contributed by atoms with Crippen LogP contribution < -0.4 is 15.0 Å². The van der Waals surface area contributed by atoms with Crippen molar-refractivity contribution in [2.24, 2.45) is 0 Å². The number of carbonyl (C=O) groups is 1. The van der Waals surface area contributed by atoms with Gasteiger partial charge in [0.25, 0.3) is 0 Å². The van der Waals surface area contributed by atoms with Gasteiger partial charge in [0, 0.05) is 37.4 Å². The number of nitrogens with zero attached hydrogens (tertiary/aromatic N) is 3. The fourth-order valence-electron chi connectivity index (χ4n) is 4.88. The predicted molar refractivity (Wildman–Crippen MR) is 143 cm³/mol. The third-order valence-corrected chi connectivity index (χ3v) is 8.21. The lowest BCUT2D eigenvalue weighted by molar-refractivity contribution is 0.0183. The van der Waals surface area contributed by atoms with Crippen LogP contribution in [-0.4, -0.2) is 49.0 Å². The number of methoxy groups -OCH3 is 1. The van der Waals surface area contributed by atoms with E-state index in [4.69, 9.17) is 35.8 Å². The molecule has 1 aromatic carbocycles. The van der Waals surface area contributed by atoms with Crippen LogP contribution in [0.2, 0.25) is 5.02 Å². The van der Waals surface area contributed by atoms with Gasteiger partial charge in [-0.3, -0.25) is 0 Å². The van der Waals surface area contributed by atoms with E-state index >= 15 is 0 Å². The second kappa shape index (κ2) is 11.1. The molecule has 2 aliphatic rings. The molecule has 3 heterocycles. The Kier molecular flexibility index (Phi) is 7.67. The minimum absolute atomic E-state index is 0.143. The largest absolute Gasteiger partial charge is 0.508 e. The summed E-state index contributed by atoms with van der Waals surface area (Å²) in [7, 11) is 1.61. The summed E-state index contributed by atoms with van der Waals surface area (Å²) in [6, 6.07) is 5.81.